The molecular formula is C7H14NO6P. The zero-order valence-electron chi connectivity index (χ0n) is 8.21. The minimum atomic E-state index is -3.62. The number of carboxylic acid groups (broad SMARTS) is 2. The van der Waals surface area contributed by atoms with Crippen LogP contribution in [0.2, 0.25) is 0 Å². The molecule has 8 heteroatoms. The largest absolute Gasteiger partial charge is 0.481 e. The first-order valence-corrected chi connectivity index (χ1v) is 6.35. The second-order valence-electron chi connectivity index (χ2n) is 3.19. The van der Waals surface area contributed by atoms with Gasteiger partial charge in [-0.3, -0.25) is 14.2 Å². The van der Waals surface area contributed by atoms with Crippen LogP contribution in [0.1, 0.15) is 19.3 Å². The van der Waals surface area contributed by atoms with E-state index in [0.717, 1.165) is 6.66 Å². The first kappa shape index (κ1) is 14.1. The molecule has 0 aromatic heterocycles. The van der Waals surface area contributed by atoms with Gasteiger partial charge in [-0.1, -0.05) is 0 Å². The fraction of sp³-hybridized carbons (Fsp3) is 0.714. The second-order valence-corrected chi connectivity index (χ2v) is 5.20. The van der Waals surface area contributed by atoms with E-state index >= 15 is 0 Å². The fourth-order valence-electron chi connectivity index (χ4n) is 0.990. The maximum absolute atomic E-state index is 10.9. The van der Waals surface area contributed by atoms with Gasteiger partial charge in [0.1, 0.15) is 6.04 Å². The van der Waals surface area contributed by atoms with Crippen molar-refractivity contribution in [2.75, 3.05) is 6.66 Å². The van der Waals surface area contributed by atoms with E-state index < -0.39 is 25.5 Å². The van der Waals surface area contributed by atoms with E-state index in [1.165, 1.54) is 0 Å². The van der Waals surface area contributed by atoms with Gasteiger partial charge in [-0.15, -0.1) is 0 Å². The Hall–Kier alpha value is -0.910. The summed E-state index contributed by atoms with van der Waals surface area (Å²) in [4.78, 5) is 29.7. The molecule has 0 aromatic carbocycles. The summed E-state index contributed by atoms with van der Waals surface area (Å²) in [6.07, 6.45) is -0.0236. The van der Waals surface area contributed by atoms with E-state index in [-0.39, 0.29) is 19.3 Å². The summed E-state index contributed by atoms with van der Waals surface area (Å²) in [5, 5.41) is 19.0. The quantitative estimate of drug-likeness (QED) is 0.464. The first-order chi connectivity index (χ1) is 6.72. The minimum Gasteiger partial charge on any atom is -0.481 e. The highest BCUT2D eigenvalue weighted by Crippen LogP contribution is 2.30. The van der Waals surface area contributed by atoms with Gasteiger partial charge in [0, 0.05) is 13.1 Å². The van der Waals surface area contributed by atoms with Gasteiger partial charge in [-0.05, 0) is 12.8 Å². The van der Waals surface area contributed by atoms with Crippen LogP contribution in [0.3, 0.4) is 0 Å². The first-order valence-electron chi connectivity index (χ1n) is 4.25. The molecule has 88 valence electrons. The van der Waals surface area contributed by atoms with Crippen molar-refractivity contribution in [1.29, 1.82) is 0 Å². The van der Waals surface area contributed by atoms with Crippen LogP contribution in [0, 0.1) is 0 Å². The molecule has 7 nitrogen and oxygen atoms in total. The van der Waals surface area contributed by atoms with Gasteiger partial charge in [0.05, 0.1) is 0 Å². The lowest BCUT2D eigenvalue weighted by Gasteiger charge is -2.15. The number of aliphatic carboxylic acids is 2. The molecule has 0 heterocycles. The standard InChI is InChI=1S/C7H14NO6P/c1-15(13,14)8-5(7(11)12)3-2-4-6(9)10/h5H,2-4H2,1H3,(H,9,10)(H,11,12)(H2,8,13,14). The lowest BCUT2D eigenvalue weighted by molar-refractivity contribution is -0.140. The Kier molecular flexibility index (Phi) is 5.49. The predicted molar refractivity (Wildman–Crippen MR) is 51.8 cm³/mol. The number of rotatable bonds is 7. The van der Waals surface area contributed by atoms with Gasteiger partial charge in [-0.25, -0.2) is 5.09 Å². The molecule has 0 saturated heterocycles. The van der Waals surface area contributed by atoms with Gasteiger partial charge < -0.3 is 15.1 Å². The molecular weight excluding hydrogens is 225 g/mol. The Morgan fingerprint density at radius 3 is 2.27 bits per heavy atom. The fourth-order valence-corrected chi connectivity index (χ4v) is 1.81. The van der Waals surface area contributed by atoms with E-state index in [1.54, 1.807) is 0 Å². The molecule has 2 unspecified atom stereocenters. The number of hydrogen-bond acceptors (Lipinski definition) is 3. The van der Waals surface area contributed by atoms with Crippen molar-refractivity contribution in [2.24, 2.45) is 0 Å². The van der Waals surface area contributed by atoms with Crippen LogP contribution in [0.15, 0.2) is 0 Å². The molecule has 2 atom stereocenters. The van der Waals surface area contributed by atoms with Crippen molar-refractivity contribution in [1.82, 2.24) is 5.09 Å². The Balaban J connectivity index is 4.12. The molecule has 0 aliphatic carbocycles. The topological polar surface area (TPSA) is 124 Å². The van der Waals surface area contributed by atoms with E-state index in [2.05, 4.69) is 0 Å². The Morgan fingerprint density at radius 2 is 1.93 bits per heavy atom. The third-order valence-electron chi connectivity index (χ3n) is 1.58. The summed E-state index contributed by atoms with van der Waals surface area (Å²) < 4.78 is 10.9. The maximum Gasteiger partial charge on any atom is 0.321 e. The van der Waals surface area contributed by atoms with Gasteiger partial charge in [-0.2, -0.15) is 0 Å². The van der Waals surface area contributed by atoms with Crippen LogP contribution in [0.5, 0.6) is 0 Å². The van der Waals surface area contributed by atoms with Crippen molar-refractivity contribution in [2.45, 2.75) is 25.3 Å². The van der Waals surface area contributed by atoms with Gasteiger partial charge in [0.25, 0.3) is 7.52 Å². The van der Waals surface area contributed by atoms with Crippen LogP contribution >= 0.6 is 7.52 Å². The van der Waals surface area contributed by atoms with Gasteiger partial charge in [0.2, 0.25) is 0 Å². The molecule has 0 spiro atoms. The lowest BCUT2D eigenvalue weighted by Crippen LogP contribution is -2.34. The SMILES string of the molecule is CP(=O)(O)NC(CCCC(=O)O)C(=O)O. The van der Waals surface area contributed by atoms with Crippen LogP contribution in [-0.2, 0) is 14.2 Å². The molecule has 0 amide bonds. The number of carboxylic acids is 2. The Morgan fingerprint density at radius 1 is 1.40 bits per heavy atom. The third kappa shape index (κ3) is 8.11. The zero-order valence-corrected chi connectivity index (χ0v) is 9.11. The van der Waals surface area contributed by atoms with Crippen LogP contribution < -0.4 is 5.09 Å². The monoisotopic (exact) mass is 239 g/mol. The van der Waals surface area contributed by atoms with Gasteiger partial charge in [0.15, 0.2) is 0 Å². The summed E-state index contributed by atoms with van der Waals surface area (Å²) in [6, 6.07) is -1.19. The van der Waals surface area contributed by atoms with Crippen molar-refractivity contribution in [3.63, 3.8) is 0 Å². The lowest BCUT2D eigenvalue weighted by atomic mass is 10.1. The zero-order chi connectivity index (χ0) is 12.1. The second kappa shape index (κ2) is 5.85. The van der Waals surface area contributed by atoms with Crippen LogP contribution in [-0.4, -0.2) is 39.8 Å². The summed E-state index contributed by atoms with van der Waals surface area (Å²) in [7, 11) is -3.62. The molecule has 0 saturated carbocycles. The number of nitrogens with one attached hydrogen (secondary N) is 1. The average molecular weight is 239 g/mol. The van der Waals surface area contributed by atoms with Crippen LogP contribution in [0.25, 0.3) is 0 Å². The molecule has 0 rings (SSSR count). The minimum absolute atomic E-state index is 0.0000231. The molecule has 0 bridgehead atoms. The van der Waals surface area contributed by atoms with E-state index in [1.807, 2.05) is 5.09 Å². The number of carbonyl (C=O) groups is 2. The Bertz CT molecular complexity index is 285. The van der Waals surface area contributed by atoms with Crippen molar-refractivity contribution in [3.05, 3.63) is 0 Å². The number of hydrogen-bond donors (Lipinski definition) is 4. The molecule has 4 N–H and O–H groups in total. The molecule has 0 aliphatic heterocycles. The average Bonchev–Trinajstić information content (AvgIpc) is 1.99. The molecule has 0 aliphatic rings. The predicted octanol–water partition coefficient (Wildman–Crippen LogP) is 0.0993. The third-order valence-corrected chi connectivity index (χ3v) is 2.37. The highest BCUT2D eigenvalue weighted by molar-refractivity contribution is 7.55. The van der Waals surface area contributed by atoms with Crippen molar-refractivity contribution in [3.8, 4) is 0 Å². The van der Waals surface area contributed by atoms with E-state index in [0.29, 0.717) is 0 Å². The molecule has 0 fully saturated rings. The van der Waals surface area contributed by atoms with Crippen molar-refractivity contribution >= 4 is 19.5 Å². The van der Waals surface area contributed by atoms with Gasteiger partial charge >= 0.3 is 11.9 Å². The maximum atomic E-state index is 10.9. The molecule has 0 aromatic rings. The summed E-state index contributed by atoms with van der Waals surface area (Å²) in [5.41, 5.74) is 0. The summed E-state index contributed by atoms with van der Waals surface area (Å²) >= 11 is 0. The molecule has 0 radical (unpaired) electrons. The smallest absolute Gasteiger partial charge is 0.321 e. The van der Waals surface area contributed by atoms with Crippen LogP contribution in [0.4, 0.5) is 0 Å². The van der Waals surface area contributed by atoms with E-state index in [4.69, 9.17) is 15.1 Å². The normalized spacial score (nSPS) is 16.7. The van der Waals surface area contributed by atoms with Crippen molar-refractivity contribution < 1.29 is 29.3 Å². The highest BCUT2D eigenvalue weighted by atomic mass is 31.2. The highest BCUT2D eigenvalue weighted by Gasteiger charge is 2.23. The Labute approximate surface area is 86.6 Å². The van der Waals surface area contributed by atoms with E-state index in [9.17, 15) is 14.2 Å². The summed E-state index contributed by atoms with van der Waals surface area (Å²) in [6.45, 7) is 0.986. The molecule has 15 heavy (non-hydrogen) atoms. The summed E-state index contributed by atoms with van der Waals surface area (Å²) in [5.74, 6) is -2.29.